The topological polar surface area (TPSA) is 96.9 Å². The summed E-state index contributed by atoms with van der Waals surface area (Å²) in [6, 6.07) is 8.32. The fourth-order valence-corrected chi connectivity index (χ4v) is 2.77. The second kappa shape index (κ2) is 6.63. The SMILES string of the molecule is CCCOc1ccc(C2C(C#N)=C(N)Oc3n[nH]c(C(F)(F)F)c32)cc1. The van der Waals surface area contributed by atoms with Gasteiger partial charge in [-0.25, -0.2) is 0 Å². The lowest BCUT2D eigenvalue weighted by atomic mass is 9.84. The molecule has 6 nitrogen and oxygen atoms in total. The first-order valence-electron chi connectivity index (χ1n) is 7.82. The molecule has 1 unspecified atom stereocenters. The third kappa shape index (κ3) is 3.06. The van der Waals surface area contributed by atoms with E-state index in [0.717, 1.165) is 6.42 Å². The monoisotopic (exact) mass is 364 g/mol. The van der Waals surface area contributed by atoms with Gasteiger partial charge in [-0.2, -0.15) is 18.4 Å². The number of fused-ring (bicyclic) bond motifs is 1. The lowest BCUT2D eigenvalue weighted by molar-refractivity contribution is -0.141. The Bertz CT molecular complexity index is 879. The van der Waals surface area contributed by atoms with Crippen molar-refractivity contribution in [2.75, 3.05) is 6.61 Å². The van der Waals surface area contributed by atoms with E-state index in [1.807, 2.05) is 18.1 Å². The molecule has 136 valence electrons. The molecule has 1 aromatic heterocycles. The molecule has 3 N–H and O–H groups in total. The largest absolute Gasteiger partial charge is 0.494 e. The van der Waals surface area contributed by atoms with Gasteiger partial charge in [0.25, 0.3) is 0 Å². The van der Waals surface area contributed by atoms with E-state index in [1.54, 1.807) is 24.3 Å². The number of alkyl halides is 3. The summed E-state index contributed by atoms with van der Waals surface area (Å²) in [6.07, 6.45) is -3.86. The van der Waals surface area contributed by atoms with Crippen molar-refractivity contribution in [3.05, 3.63) is 52.5 Å². The van der Waals surface area contributed by atoms with Crippen LogP contribution in [0.1, 0.15) is 36.1 Å². The Morgan fingerprint density at radius 1 is 1.35 bits per heavy atom. The highest BCUT2D eigenvalue weighted by Crippen LogP contribution is 2.46. The van der Waals surface area contributed by atoms with Crippen LogP contribution in [0.4, 0.5) is 13.2 Å². The van der Waals surface area contributed by atoms with Gasteiger partial charge in [-0.15, -0.1) is 5.10 Å². The summed E-state index contributed by atoms with van der Waals surface area (Å²) in [7, 11) is 0. The number of nitrogens with one attached hydrogen (secondary N) is 1. The van der Waals surface area contributed by atoms with E-state index in [9.17, 15) is 18.4 Å². The molecule has 0 saturated carbocycles. The van der Waals surface area contributed by atoms with Crippen LogP contribution >= 0.6 is 0 Å². The van der Waals surface area contributed by atoms with Crippen LogP contribution in [0.25, 0.3) is 0 Å². The highest BCUT2D eigenvalue weighted by molar-refractivity contribution is 5.56. The summed E-state index contributed by atoms with van der Waals surface area (Å²) in [4.78, 5) is 0. The first-order valence-corrected chi connectivity index (χ1v) is 7.82. The van der Waals surface area contributed by atoms with Crippen LogP contribution < -0.4 is 15.2 Å². The van der Waals surface area contributed by atoms with E-state index in [4.69, 9.17) is 15.2 Å². The maximum Gasteiger partial charge on any atom is 0.433 e. The normalized spacial score (nSPS) is 16.7. The molecule has 2 heterocycles. The van der Waals surface area contributed by atoms with E-state index < -0.39 is 17.8 Å². The molecule has 0 bridgehead atoms. The zero-order valence-corrected chi connectivity index (χ0v) is 13.7. The first kappa shape index (κ1) is 17.7. The lowest BCUT2D eigenvalue weighted by Gasteiger charge is -2.24. The Hall–Kier alpha value is -3.15. The predicted molar refractivity (Wildman–Crippen MR) is 85.1 cm³/mol. The molecule has 0 spiro atoms. The maximum atomic E-state index is 13.4. The van der Waals surface area contributed by atoms with Gasteiger partial charge < -0.3 is 15.2 Å². The van der Waals surface area contributed by atoms with Gasteiger partial charge in [-0.05, 0) is 24.1 Å². The minimum absolute atomic E-state index is 0.105. The Morgan fingerprint density at radius 3 is 2.62 bits per heavy atom. The van der Waals surface area contributed by atoms with Crippen LogP contribution in [0.5, 0.6) is 11.6 Å². The number of ether oxygens (including phenoxy) is 2. The van der Waals surface area contributed by atoms with Crippen molar-refractivity contribution in [1.29, 1.82) is 5.26 Å². The van der Waals surface area contributed by atoms with Gasteiger partial charge in [0.2, 0.25) is 11.8 Å². The zero-order chi connectivity index (χ0) is 18.9. The molecular weight excluding hydrogens is 349 g/mol. The number of hydrogen-bond acceptors (Lipinski definition) is 5. The second-order valence-electron chi connectivity index (χ2n) is 5.66. The van der Waals surface area contributed by atoms with Crippen LogP contribution in [0.2, 0.25) is 0 Å². The summed E-state index contributed by atoms with van der Waals surface area (Å²) in [5.74, 6) is -1.01. The third-order valence-electron chi connectivity index (χ3n) is 3.91. The number of benzene rings is 1. The van der Waals surface area contributed by atoms with Crippen molar-refractivity contribution in [1.82, 2.24) is 10.2 Å². The smallest absolute Gasteiger partial charge is 0.433 e. The number of nitriles is 1. The van der Waals surface area contributed by atoms with E-state index in [2.05, 4.69) is 5.10 Å². The highest BCUT2D eigenvalue weighted by atomic mass is 19.4. The van der Waals surface area contributed by atoms with Crippen LogP contribution in [0.3, 0.4) is 0 Å². The molecular formula is C17H15F3N4O2. The van der Waals surface area contributed by atoms with Crippen molar-refractivity contribution in [2.24, 2.45) is 5.73 Å². The number of halogens is 3. The van der Waals surface area contributed by atoms with E-state index >= 15 is 0 Å². The van der Waals surface area contributed by atoms with Gasteiger partial charge in [0.1, 0.15) is 23.1 Å². The standard InChI is InChI=1S/C17H15F3N4O2/c1-2-7-25-10-5-3-9(4-6-10)12-11(8-21)15(22)26-16-13(12)14(23-24-16)17(18,19)20/h3-6,12H,2,7,22H2,1H3,(H,23,24). The van der Waals surface area contributed by atoms with Gasteiger partial charge in [0.15, 0.2) is 0 Å². The predicted octanol–water partition coefficient (Wildman–Crippen LogP) is 3.44. The molecule has 26 heavy (non-hydrogen) atoms. The molecule has 3 rings (SSSR count). The number of rotatable bonds is 4. The fourth-order valence-electron chi connectivity index (χ4n) is 2.77. The van der Waals surface area contributed by atoms with Gasteiger partial charge in [-0.1, -0.05) is 19.1 Å². The van der Waals surface area contributed by atoms with Crippen molar-refractivity contribution >= 4 is 0 Å². The van der Waals surface area contributed by atoms with Crippen molar-refractivity contribution in [3.63, 3.8) is 0 Å². The van der Waals surface area contributed by atoms with Gasteiger partial charge in [0, 0.05) is 0 Å². The number of nitrogens with two attached hydrogens (primary N) is 1. The van der Waals surface area contributed by atoms with Gasteiger partial charge >= 0.3 is 6.18 Å². The second-order valence-corrected chi connectivity index (χ2v) is 5.66. The quantitative estimate of drug-likeness (QED) is 0.866. The van der Waals surface area contributed by atoms with Crippen LogP contribution in [0.15, 0.2) is 35.7 Å². The Morgan fingerprint density at radius 2 is 2.04 bits per heavy atom. The minimum atomic E-state index is -4.68. The molecule has 1 aliphatic rings. The molecule has 1 atom stereocenters. The number of H-pyrrole nitrogens is 1. The van der Waals surface area contributed by atoms with Crippen LogP contribution in [-0.2, 0) is 6.18 Å². The molecule has 0 saturated heterocycles. The summed E-state index contributed by atoms with van der Waals surface area (Å²) >= 11 is 0. The number of hydrogen-bond donors (Lipinski definition) is 2. The zero-order valence-electron chi connectivity index (χ0n) is 13.7. The third-order valence-corrected chi connectivity index (χ3v) is 3.91. The molecule has 0 amide bonds. The summed E-state index contributed by atoms with van der Waals surface area (Å²) in [5, 5.41) is 14.9. The molecule has 9 heteroatoms. The number of nitrogens with zero attached hydrogens (tertiary/aromatic N) is 2. The number of aromatic amines is 1. The lowest BCUT2D eigenvalue weighted by Crippen LogP contribution is -2.22. The van der Waals surface area contributed by atoms with Gasteiger partial charge in [-0.3, -0.25) is 5.10 Å². The molecule has 0 fully saturated rings. The molecule has 1 aliphatic heterocycles. The Kier molecular flexibility index (Phi) is 4.50. The Balaban J connectivity index is 2.10. The van der Waals surface area contributed by atoms with Crippen molar-refractivity contribution in [2.45, 2.75) is 25.4 Å². The van der Waals surface area contributed by atoms with Gasteiger partial charge in [0.05, 0.1) is 18.1 Å². The number of allylic oxidation sites excluding steroid dienone is 1. The Labute approximate surface area is 147 Å². The summed E-state index contributed by atoms with van der Waals surface area (Å²) in [6.45, 7) is 2.49. The van der Waals surface area contributed by atoms with Crippen LogP contribution in [-0.4, -0.2) is 16.8 Å². The van der Waals surface area contributed by atoms with Crippen molar-refractivity contribution in [3.8, 4) is 17.7 Å². The molecule has 0 aliphatic carbocycles. The van der Waals surface area contributed by atoms with E-state index in [-0.39, 0.29) is 22.9 Å². The van der Waals surface area contributed by atoms with E-state index in [1.165, 1.54) is 0 Å². The number of aromatic nitrogens is 2. The molecule has 0 radical (unpaired) electrons. The summed E-state index contributed by atoms with van der Waals surface area (Å²) < 4.78 is 50.6. The maximum absolute atomic E-state index is 13.4. The van der Waals surface area contributed by atoms with Crippen molar-refractivity contribution < 1.29 is 22.6 Å². The molecule has 2 aromatic rings. The minimum Gasteiger partial charge on any atom is -0.494 e. The highest BCUT2D eigenvalue weighted by Gasteiger charge is 2.44. The average molecular weight is 364 g/mol. The van der Waals surface area contributed by atoms with Crippen LogP contribution in [0, 0.1) is 11.3 Å². The fraction of sp³-hybridized carbons (Fsp3) is 0.294. The first-order chi connectivity index (χ1) is 12.4. The van der Waals surface area contributed by atoms with E-state index in [0.29, 0.717) is 17.9 Å². The molecule has 1 aromatic carbocycles. The summed E-state index contributed by atoms with van der Waals surface area (Å²) in [5.41, 5.74) is 4.74. The average Bonchev–Trinajstić information content (AvgIpc) is 3.03.